The average molecular weight is 253 g/mol. The number of benzene rings is 1. The molecule has 0 spiro atoms. The summed E-state index contributed by atoms with van der Waals surface area (Å²) in [6, 6.07) is 8.66. The van der Waals surface area contributed by atoms with Gasteiger partial charge in [-0.2, -0.15) is 0 Å². The fourth-order valence-electron chi connectivity index (χ4n) is 2.76. The molecule has 0 unspecified atom stereocenters. The van der Waals surface area contributed by atoms with Crippen LogP contribution in [0.5, 0.6) is 0 Å². The first-order chi connectivity index (χ1) is 9.31. The van der Waals surface area contributed by atoms with E-state index in [0.717, 1.165) is 17.1 Å². The Morgan fingerprint density at radius 3 is 2.63 bits per heavy atom. The van der Waals surface area contributed by atoms with E-state index in [2.05, 4.69) is 46.5 Å². The standard InChI is InChI=1S/C16H19N3/c1-11-15(18-10-19-16(11)17-2)14-9-4-3-8-13(14)12-6-5-7-12/h3-4,8-10,12H,5-7H2,1-2H3,(H,17,18,19). The van der Waals surface area contributed by atoms with E-state index < -0.39 is 0 Å². The van der Waals surface area contributed by atoms with E-state index in [9.17, 15) is 0 Å². The molecule has 1 aromatic heterocycles. The van der Waals surface area contributed by atoms with Crippen LogP contribution in [0.3, 0.4) is 0 Å². The first-order valence-corrected chi connectivity index (χ1v) is 6.90. The van der Waals surface area contributed by atoms with Crippen molar-refractivity contribution in [1.29, 1.82) is 0 Å². The second-order valence-corrected chi connectivity index (χ2v) is 5.16. The Kier molecular flexibility index (Phi) is 3.20. The molecule has 0 atom stereocenters. The molecule has 3 heteroatoms. The zero-order chi connectivity index (χ0) is 13.2. The van der Waals surface area contributed by atoms with Crippen molar-refractivity contribution in [2.24, 2.45) is 0 Å². The fourth-order valence-corrected chi connectivity index (χ4v) is 2.76. The number of nitrogens with one attached hydrogen (secondary N) is 1. The number of rotatable bonds is 3. The third-order valence-corrected chi connectivity index (χ3v) is 4.08. The van der Waals surface area contributed by atoms with Crippen LogP contribution in [0.15, 0.2) is 30.6 Å². The Hall–Kier alpha value is -1.90. The number of aromatic nitrogens is 2. The number of hydrogen-bond donors (Lipinski definition) is 1. The summed E-state index contributed by atoms with van der Waals surface area (Å²) in [4.78, 5) is 8.78. The first kappa shape index (κ1) is 12.2. The van der Waals surface area contributed by atoms with Gasteiger partial charge in [0.2, 0.25) is 0 Å². The van der Waals surface area contributed by atoms with Crippen molar-refractivity contribution in [3.63, 3.8) is 0 Å². The highest BCUT2D eigenvalue weighted by molar-refractivity contribution is 5.71. The molecule has 1 saturated carbocycles. The van der Waals surface area contributed by atoms with Crippen molar-refractivity contribution >= 4 is 5.82 Å². The Labute approximate surface area is 114 Å². The lowest BCUT2D eigenvalue weighted by Crippen LogP contribution is -2.10. The Morgan fingerprint density at radius 1 is 1.16 bits per heavy atom. The molecule has 0 radical (unpaired) electrons. The minimum absolute atomic E-state index is 0.712. The van der Waals surface area contributed by atoms with Gasteiger partial charge in [-0.25, -0.2) is 9.97 Å². The number of anilines is 1. The summed E-state index contributed by atoms with van der Waals surface area (Å²) in [6.07, 6.45) is 5.61. The lowest BCUT2D eigenvalue weighted by molar-refractivity contribution is 0.420. The summed E-state index contributed by atoms with van der Waals surface area (Å²) in [5.41, 5.74) is 4.89. The molecule has 0 amide bonds. The van der Waals surface area contributed by atoms with E-state index in [1.807, 2.05) is 7.05 Å². The molecule has 0 bridgehead atoms. The molecule has 1 aliphatic rings. The van der Waals surface area contributed by atoms with E-state index in [1.165, 1.54) is 30.4 Å². The van der Waals surface area contributed by atoms with Gasteiger partial charge < -0.3 is 5.32 Å². The summed E-state index contributed by atoms with van der Waals surface area (Å²) in [5, 5.41) is 3.13. The second kappa shape index (κ2) is 5.00. The highest BCUT2D eigenvalue weighted by atomic mass is 15.0. The Bertz CT molecular complexity index is 588. The maximum absolute atomic E-state index is 4.51. The van der Waals surface area contributed by atoms with Crippen molar-refractivity contribution < 1.29 is 0 Å². The van der Waals surface area contributed by atoms with Crippen molar-refractivity contribution in [3.05, 3.63) is 41.7 Å². The van der Waals surface area contributed by atoms with Crippen LogP contribution in [-0.2, 0) is 0 Å². The van der Waals surface area contributed by atoms with Crippen LogP contribution in [0.4, 0.5) is 5.82 Å². The molecular weight excluding hydrogens is 234 g/mol. The Morgan fingerprint density at radius 2 is 1.95 bits per heavy atom. The maximum atomic E-state index is 4.51. The summed E-state index contributed by atoms with van der Waals surface area (Å²) in [5.74, 6) is 1.62. The van der Waals surface area contributed by atoms with Gasteiger partial charge in [-0.1, -0.05) is 30.7 Å². The summed E-state index contributed by atoms with van der Waals surface area (Å²) < 4.78 is 0. The quantitative estimate of drug-likeness (QED) is 0.905. The maximum Gasteiger partial charge on any atom is 0.132 e. The second-order valence-electron chi connectivity index (χ2n) is 5.16. The molecule has 1 aromatic carbocycles. The number of nitrogens with zero attached hydrogens (tertiary/aromatic N) is 2. The van der Waals surface area contributed by atoms with Gasteiger partial charge in [-0.15, -0.1) is 0 Å². The van der Waals surface area contributed by atoms with Crippen LogP contribution in [0, 0.1) is 6.92 Å². The van der Waals surface area contributed by atoms with E-state index in [1.54, 1.807) is 6.33 Å². The van der Waals surface area contributed by atoms with Crippen LogP contribution in [0.25, 0.3) is 11.3 Å². The zero-order valence-corrected chi connectivity index (χ0v) is 11.5. The molecule has 0 aliphatic heterocycles. The van der Waals surface area contributed by atoms with Crippen LogP contribution in [0.2, 0.25) is 0 Å². The van der Waals surface area contributed by atoms with Gasteiger partial charge in [0.1, 0.15) is 12.1 Å². The Balaban J connectivity index is 2.11. The van der Waals surface area contributed by atoms with E-state index >= 15 is 0 Å². The molecule has 1 aliphatic carbocycles. The van der Waals surface area contributed by atoms with Crippen LogP contribution in [-0.4, -0.2) is 17.0 Å². The zero-order valence-electron chi connectivity index (χ0n) is 11.5. The molecule has 1 fully saturated rings. The van der Waals surface area contributed by atoms with Gasteiger partial charge in [-0.05, 0) is 31.2 Å². The van der Waals surface area contributed by atoms with Gasteiger partial charge >= 0.3 is 0 Å². The van der Waals surface area contributed by atoms with Gasteiger partial charge in [0.25, 0.3) is 0 Å². The monoisotopic (exact) mass is 253 g/mol. The van der Waals surface area contributed by atoms with Crippen LogP contribution >= 0.6 is 0 Å². The molecule has 3 nitrogen and oxygen atoms in total. The SMILES string of the molecule is CNc1ncnc(-c2ccccc2C2CCC2)c1C. The van der Waals surface area contributed by atoms with Crippen molar-refractivity contribution in [2.45, 2.75) is 32.1 Å². The molecular formula is C16H19N3. The smallest absolute Gasteiger partial charge is 0.132 e. The van der Waals surface area contributed by atoms with Gasteiger partial charge in [-0.3, -0.25) is 0 Å². The average Bonchev–Trinajstić information content (AvgIpc) is 2.38. The fraction of sp³-hybridized carbons (Fsp3) is 0.375. The molecule has 0 saturated heterocycles. The van der Waals surface area contributed by atoms with Crippen molar-refractivity contribution in [2.75, 3.05) is 12.4 Å². The minimum atomic E-state index is 0.712. The van der Waals surface area contributed by atoms with Gasteiger partial charge in [0.05, 0.1) is 5.69 Å². The molecule has 19 heavy (non-hydrogen) atoms. The lowest BCUT2D eigenvalue weighted by Gasteiger charge is -2.28. The summed E-state index contributed by atoms with van der Waals surface area (Å²) in [7, 11) is 1.90. The molecule has 2 aromatic rings. The predicted octanol–water partition coefficient (Wildman–Crippen LogP) is 3.76. The third-order valence-electron chi connectivity index (χ3n) is 4.08. The van der Waals surface area contributed by atoms with E-state index in [4.69, 9.17) is 0 Å². The molecule has 98 valence electrons. The topological polar surface area (TPSA) is 37.8 Å². The highest BCUT2D eigenvalue weighted by Crippen LogP contribution is 2.41. The molecule has 1 heterocycles. The van der Waals surface area contributed by atoms with E-state index in [-0.39, 0.29) is 0 Å². The third kappa shape index (κ3) is 2.09. The number of hydrogen-bond acceptors (Lipinski definition) is 3. The largest absolute Gasteiger partial charge is 0.373 e. The summed E-state index contributed by atoms with van der Waals surface area (Å²) in [6.45, 7) is 2.08. The van der Waals surface area contributed by atoms with E-state index in [0.29, 0.717) is 5.92 Å². The highest BCUT2D eigenvalue weighted by Gasteiger charge is 2.23. The summed E-state index contributed by atoms with van der Waals surface area (Å²) >= 11 is 0. The van der Waals surface area contributed by atoms with Crippen LogP contribution in [0.1, 0.15) is 36.3 Å². The minimum Gasteiger partial charge on any atom is -0.373 e. The predicted molar refractivity (Wildman–Crippen MR) is 78.3 cm³/mol. The van der Waals surface area contributed by atoms with Gasteiger partial charge in [0, 0.05) is 18.2 Å². The van der Waals surface area contributed by atoms with Crippen LogP contribution < -0.4 is 5.32 Å². The first-order valence-electron chi connectivity index (χ1n) is 6.90. The molecule has 3 rings (SSSR count). The van der Waals surface area contributed by atoms with Crippen molar-refractivity contribution in [3.8, 4) is 11.3 Å². The molecule has 1 N–H and O–H groups in total. The normalized spacial score (nSPS) is 15.1. The lowest BCUT2D eigenvalue weighted by atomic mass is 9.77. The van der Waals surface area contributed by atoms with Gasteiger partial charge in [0.15, 0.2) is 0 Å². The van der Waals surface area contributed by atoms with Crippen molar-refractivity contribution in [1.82, 2.24) is 9.97 Å².